The second kappa shape index (κ2) is 4.77. The topological polar surface area (TPSA) is 52.9 Å². The van der Waals surface area contributed by atoms with E-state index in [1.807, 2.05) is 26.0 Å². The van der Waals surface area contributed by atoms with E-state index in [1.54, 1.807) is 11.3 Å². The monoisotopic (exact) mass is 286 g/mol. The van der Waals surface area contributed by atoms with Crippen molar-refractivity contribution in [1.82, 2.24) is 5.32 Å². The van der Waals surface area contributed by atoms with Crippen LogP contribution in [-0.4, -0.2) is 12.5 Å². The van der Waals surface area contributed by atoms with Crippen LogP contribution in [0, 0.1) is 11.3 Å². The fourth-order valence-electron chi connectivity index (χ4n) is 1.11. The van der Waals surface area contributed by atoms with Crippen molar-refractivity contribution in [3.05, 3.63) is 20.8 Å². The molecule has 0 aliphatic heterocycles. The lowest BCUT2D eigenvalue weighted by Gasteiger charge is -2.22. The molecule has 1 N–H and O–H groups in total. The first kappa shape index (κ1) is 12.2. The molecule has 0 aromatic carbocycles. The van der Waals surface area contributed by atoms with Gasteiger partial charge >= 0.3 is 5.91 Å². The molecule has 0 fully saturated rings. The van der Waals surface area contributed by atoms with Crippen molar-refractivity contribution in [1.29, 1.82) is 5.26 Å². The summed E-state index contributed by atoms with van der Waals surface area (Å²) in [6.45, 7) is 4.53. The maximum absolute atomic E-state index is 10.8. The van der Waals surface area contributed by atoms with E-state index >= 15 is 0 Å². The Bertz CT molecular complexity index is 406. The van der Waals surface area contributed by atoms with Crippen LogP contribution in [-0.2, 0) is 10.2 Å². The van der Waals surface area contributed by atoms with Crippen molar-refractivity contribution >= 4 is 33.2 Å². The maximum Gasteiger partial charge on any atom is 0.322 e. The van der Waals surface area contributed by atoms with Gasteiger partial charge < -0.3 is 5.32 Å². The highest BCUT2D eigenvalue weighted by Gasteiger charge is 2.23. The molecule has 0 radical (unpaired) electrons. The van der Waals surface area contributed by atoms with Gasteiger partial charge in [-0.1, -0.05) is 13.8 Å². The number of thiophene rings is 1. The molecular formula is C10H11BrN2OS. The van der Waals surface area contributed by atoms with Gasteiger partial charge in [0.2, 0.25) is 0 Å². The predicted octanol–water partition coefficient (Wildman–Crippen LogP) is 2.43. The molecule has 0 bridgehead atoms. The molecule has 1 rings (SSSR count). The molecule has 0 atom stereocenters. The molecule has 0 aliphatic rings. The van der Waals surface area contributed by atoms with Gasteiger partial charge in [-0.15, -0.1) is 11.3 Å². The Morgan fingerprint density at radius 3 is 2.80 bits per heavy atom. The van der Waals surface area contributed by atoms with Crippen LogP contribution < -0.4 is 5.32 Å². The fourth-order valence-corrected chi connectivity index (χ4v) is 2.59. The second-order valence-corrected chi connectivity index (χ2v) is 6.25. The van der Waals surface area contributed by atoms with Crippen LogP contribution in [0.2, 0.25) is 0 Å². The molecule has 1 heterocycles. The van der Waals surface area contributed by atoms with Crippen LogP contribution in [0.15, 0.2) is 15.9 Å². The van der Waals surface area contributed by atoms with Crippen LogP contribution in [0.3, 0.4) is 0 Å². The first-order chi connectivity index (χ1) is 6.95. The Kier molecular flexibility index (Phi) is 3.89. The summed E-state index contributed by atoms with van der Waals surface area (Å²) in [5.41, 5.74) is -0.150. The number of hydrogen-bond donors (Lipinski definition) is 1. The lowest BCUT2D eigenvalue weighted by atomic mass is 9.91. The van der Waals surface area contributed by atoms with Crippen molar-refractivity contribution < 1.29 is 4.79 Å². The number of carbonyl (C=O) groups is 1. The van der Waals surface area contributed by atoms with E-state index in [1.165, 1.54) is 10.9 Å². The van der Waals surface area contributed by atoms with Crippen molar-refractivity contribution in [2.45, 2.75) is 19.3 Å². The van der Waals surface area contributed by atoms with Gasteiger partial charge in [0, 0.05) is 16.8 Å². The minimum absolute atomic E-state index is 0.150. The summed E-state index contributed by atoms with van der Waals surface area (Å²) in [5.74, 6) is -0.585. The first-order valence-corrected chi connectivity index (χ1v) is 6.00. The van der Waals surface area contributed by atoms with Crippen LogP contribution in [0.5, 0.6) is 0 Å². The smallest absolute Gasteiger partial charge is 0.322 e. The average Bonchev–Trinajstić information content (AvgIpc) is 2.62. The van der Waals surface area contributed by atoms with Crippen molar-refractivity contribution in [2.24, 2.45) is 0 Å². The minimum atomic E-state index is -0.585. The average molecular weight is 287 g/mol. The third kappa shape index (κ3) is 3.33. The van der Waals surface area contributed by atoms with Crippen LogP contribution in [0.1, 0.15) is 18.7 Å². The molecule has 0 aliphatic carbocycles. The lowest BCUT2D eigenvalue weighted by Crippen LogP contribution is -2.35. The molecule has 80 valence electrons. The first-order valence-electron chi connectivity index (χ1n) is 4.39. The molecule has 0 spiro atoms. The molecule has 0 unspecified atom stereocenters. The molecule has 3 nitrogen and oxygen atoms in total. The summed E-state index contributed by atoms with van der Waals surface area (Å²) < 4.78 is 1.07. The maximum atomic E-state index is 10.8. The number of nitrogens with zero attached hydrogens (tertiary/aromatic N) is 1. The number of nitriles is 1. The quantitative estimate of drug-likeness (QED) is 0.868. The van der Waals surface area contributed by atoms with Crippen LogP contribution in [0.4, 0.5) is 0 Å². The SMILES string of the molecule is CC(C)(CNC(=O)C#N)c1ccc(Br)s1. The van der Waals surface area contributed by atoms with Gasteiger partial charge in [0.05, 0.1) is 3.79 Å². The molecule has 1 aromatic heterocycles. The van der Waals surface area contributed by atoms with Gasteiger partial charge in [0.1, 0.15) is 0 Å². The molecule has 5 heteroatoms. The second-order valence-electron chi connectivity index (χ2n) is 3.78. The van der Waals surface area contributed by atoms with E-state index in [2.05, 4.69) is 21.2 Å². The van der Waals surface area contributed by atoms with Gasteiger partial charge in [0.25, 0.3) is 0 Å². The molecule has 1 amide bonds. The Labute approximate surface area is 101 Å². The zero-order chi connectivity index (χ0) is 11.5. The Morgan fingerprint density at radius 1 is 1.67 bits per heavy atom. The molecule has 0 saturated carbocycles. The van der Waals surface area contributed by atoms with E-state index in [9.17, 15) is 4.79 Å². The number of hydrogen-bond acceptors (Lipinski definition) is 3. The molecule has 0 saturated heterocycles. The highest BCUT2D eigenvalue weighted by atomic mass is 79.9. The van der Waals surface area contributed by atoms with E-state index in [-0.39, 0.29) is 5.41 Å². The van der Waals surface area contributed by atoms with Gasteiger partial charge in [-0.05, 0) is 28.1 Å². The third-order valence-corrected chi connectivity index (χ3v) is 4.02. The van der Waals surface area contributed by atoms with Crippen LogP contribution in [0.25, 0.3) is 0 Å². The highest BCUT2D eigenvalue weighted by Crippen LogP contribution is 2.32. The van der Waals surface area contributed by atoms with Gasteiger partial charge in [-0.3, -0.25) is 4.79 Å². The summed E-state index contributed by atoms with van der Waals surface area (Å²) in [5, 5.41) is 10.9. The Morgan fingerprint density at radius 2 is 2.33 bits per heavy atom. The summed E-state index contributed by atoms with van der Waals surface area (Å²) >= 11 is 5.03. The molecule has 1 aromatic rings. The Hall–Kier alpha value is -0.860. The minimum Gasteiger partial charge on any atom is -0.343 e. The van der Waals surface area contributed by atoms with Crippen molar-refractivity contribution in [2.75, 3.05) is 6.54 Å². The predicted molar refractivity (Wildman–Crippen MR) is 63.7 cm³/mol. The third-order valence-electron chi connectivity index (χ3n) is 2.03. The summed E-state index contributed by atoms with van der Waals surface area (Å²) in [4.78, 5) is 12.0. The van der Waals surface area contributed by atoms with Gasteiger partial charge in [-0.25, -0.2) is 0 Å². The van der Waals surface area contributed by atoms with Crippen LogP contribution >= 0.6 is 27.3 Å². The van der Waals surface area contributed by atoms with Crippen molar-refractivity contribution in [3.63, 3.8) is 0 Å². The molecule has 15 heavy (non-hydrogen) atoms. The Balaban J connectivity index is 2.68. The van der Waals surface area contributed by atoms with E-state index < -0.39 is 5.91 Å². The van der Waals surface area contributed by atoms with E-state index in [0.29, 0.717) is 6.54 Å². The zero-order valence-electron chi connectivity index (χ0n) is 8.50. The van der Waals surface area contributed by atoms with E-state index in [0.717, 1.165) is 3.79 Å². The summed E-state index contributed by atoms with van der Waals surface area (Å²) in [6, 6.07) is 5.54. The number of halogens is 1. The highest BCUT2D eigenvalue weighted by molar-refractivity contribution is 9.11. The normalized spacial score (nSPS) is 10.8. The van der Waals surface area contributed by atoms with E-state index in [4.69, 9.17) is 5.26 Å². The summed E-state index contributed by atoms with van der Waals surface area (Å²) in [6.07, 6.45) is 0. The number of nitrogens with one attached hydrogen (secondary N) is 1. The number of carbonyl (C=O) groups excluding carboxylic acids is 1. The standard InChI is InChI=1S/C10H11BrN2OS/c1-10(2,6-13-9(14)5-12)7-3-4-8(11)15-7/h3-4H,6H2,1-2H3,(H,13,14). The lowest BCUT2D eigenvalue weighted by molar-refractivity contribution is -0.116. The van der Waals surface area contributed by atoms with Gasteiger partial charge in [-0.2, -0.15) is 5.26 Å². The van der Waals surface area contributed by atoms with Gasteiger partial charge in [0.15, 0.2) is 6.07 Å². The number of rotatable bonds is 3. The largest absolute Gasteiger partial charge is 0.343 e. The zero-order valence-corrected chi connectivity index (χ0v) is 10.9. The summed E-state index contributed by atoms with van der Waals surface area (Å²) in [7, 11) is 0. The number of amides is 1. The fraction of sp³-hybridized carbons (Fsp3) is 0.400. The molecular weight excluding hydrogens is 276 g/mol. The van der Waals surface area contributed by atoms with Crippen molar-refractivity contribution in [3.8, 4) is 6.07 Å².